The molecule has 0 saturated carbocycles. The fourth-order valence-electron chi connectivity index (χ4n) is 2.33. The maximum absolute atomic E-state index is 13.1. The number of hydrogen-bond acceptors (Lipinski definition) is 5. The molecule has 0 atom stereocenters. The summed E-state index contributed by atoms with van der Waals surface area (Å²) in [6.45, 7) is -0.00516. The lowest BCUT2D eigenvalue weighted by molar-refractivity contribution is -0.141. The molecule has 1 aromatic carbocycles. The Bertz CT molecular complexity index is 1120. The minimum atomic E-state index is -4.57. The van der Waals surface area contributed by atoms with Gasteiger partial charge in [-0.05, 0) is 18.2 Å². The van der Waals surface area contributed by atoms with Crippen LogP contribution in [0.25, 0.3) is 10.9 Å². The van der Waals surface area contributed by atoms with E-state index in [-0.39, 0.29) is 31.4 Å². The van der Waals surface area contributed by atoms with Crippen LogP contribution in [0.5, 0.6) is 0 Å². The van der Waals surface area contributed by atoms with Gasteiger partial charge < -0.3 is 0 Å². The lowest BCUT2D eigenvalue weighted by Crippen LogP contribution is -2.25. The zero-order valence-electron chi connectivity index (χ0n) is 13.8. The van der Waals surface area contributed by atoms with Crippen molar-refractivity contribution in [3.63, 3.8) is 0 Å². The Morgan fingerprint density at radius 3 is 2.54 bits per heavy atom. The van der Waals surface area contributed by atoms with Crippen molar-refractivity contribution in [1.29, 1.82) is 0 Å². The molecular formula is C16H11Cl2F3N2O2S3. The largest absolute Gasteiger partial charge is 0.433 e. The maximum Gasteiger partial charge on any atom is 0.433 e. The molecule has 4 nitrogen and oxygen atoms in total. The highest BCUT2D eigenvalue weighted by molar-refractivity contribution is 7.99. The first-order valence-electron chi connectivity index (χ1n) is 7.62. The van der Waals surface area contributed by atoms with Gasteiger partial charge in [-0.2, -0.15) is 13.2 Å². The fourth-order valence-corrected chi connectivity index (χ4v) is 6.59. The molecule has 3 aromatic rings. The van der Waals surface area contributed by atoms with Crippen LogP contribution < -0.4 is 4.72 Å². The Hall–Kier alpha value is -1.04. The molecule has 28 heavy (non-hydrogen) atoms. The third kappa shape index (κ3) is 4.92. The van der Waals surface area contributed by atoms with E-state index in [2.05, 4.69) is 9.71 Å². The minimum absolute atomic E-state index is 0.00516. The van der Waals surface area contributed by atoms with Crippen LogP contribution in [0.4, 0.5) is 13.2 Å². The quantitative estimate of drug-likeness (QED) is 0.359. The number of sulfonamides is 1. The molecule has 0 amide bonds. The summed E-state index contributed by atoms with van der Waals surface area (Å²) in [5, 5.41) is 0.566. The molecule has 3 rings (SSSR count). The van der Waals surface area contributed by atoms with Gasteiger partial charge in [0.1, 0.15) is 14.9 Å². The monoisotopic (exact) mass is 486 g/mol. The number of fused-ring (bicyclic) bond motifs is 1. The highest BCUT2D eigenvalue weighted by atomic mass is 35.5. The van der Waals surface area contributed by atoms with Gasteiger partial charge in [-0.15, -0.1) is 23.1 Å². The first-order chi connectivity index (χ1) is 13.1. The molecule has 150 valence electrons. The molecule has 2 heterocycles. The van der Waals surface area contributed by atoms with Gasteiger partial charge in [0.15, 0.2) is 0 Å². The van der Waals surface area contributed by atoms with Crippen molar-refractivity contribution >= 4 is 67.2 Å². The first-order valence-corrected chi connectivity index (χ1v) is 11.7. The van der Waals surface area contributed by atoms with Gasteiger partial charge in [-0.3, -0.25) is 0 Å². The van der Waals surface area contributed by atoms with E-state index in [0.29, 0.717) is 10.3 Å². The first kappa shape index (κ1) is 21.7. The number of thiophene rings is 1. The highest BCUT2D eigenvalue weighted by Gasteiger charge is 2.33. The summed E-state index contributed by atoms with van der Waals surface area (Å²) in [4.78, 5) is 3.90. The van der Waals surface area contributed by atoms with E-state index in [9.17, 15) is 21.6 Å². The molecule has 0 unspecified atom stereocenters. The lowest BCUT2D eigenvalue weighted by Gasteiger charge is -2.11. The van der Waals surface area contributed by atoms with E-state index < -0.39 is 21.9 Å². The zero-order valence-corrected chi connectivity index (χ0v) is 17.7. The van der Waals surface area contributed by atoms with Crippen LogP contribution >= 0.6 is 46.3 Å². The Morgan fingerprint density at radius 1 is 1.18 bits per heavy atom. The van der Waals surface area contributed by atoms with Gasteiger partial charge in [0.2, 0.25) is 10.0 Å². The molecule has 2 aromatic heterocycles. The van der Waals surface area contributed by atoms with E-state index in [4.69, 9.17) is 23.2 Å². The van der Waals surface area contributed by atoms with Crippen molar-refractivity contribution in [2.75, 3.05) is 12.3 Å². The molecule has 0 radical (unpaired) electrons. The van der Waals surface area contributed by atoms with Crippen molar-refractivity contribution in [3.8, 4) is 0 Å². The van der Waals surface area contributed by atoms with E-state index >= 15 is 0 Å². The number of rotatable bonds is 6. The molecular weight excluding hydrogens is 476 g/mol. The van der Waals surface area contributed by atoms with Crippen LogP contribution in [0.15, 0.2) is 46.2 Å². The van der Waals surface area contributed by atoms with Crippen molar-refractivity contribution in [3.05, 3.63) is 50.8 Å². The van der Waals surface area contributed by atoms with Crippen LogP contribution in [0.1, 0.15) is 5.69 Å². The topological polar surface area (TPSA) is 59.1 Å². The summed E-state index contributed by atoms with van der Waals surface area (Å²) in [5.41, 5.74) is -0.769. The number of aromatic nitrogens is 1. The molecule has 0 aliphatic carbocycles. The number of nitrogens with zero attached hydrogens (tertiary/aromatic N) is 1. The molecule has 1 N–H and O–H groups in total. The minimum Gasteiger partial charge on any atom is -0.243 e. The summed E-state index contributed by atoms with van der Waals surface area (Å²) < 4.78 is 66.4. The lowest BCUT2D eigenvalue weighted by atomic mass is 10.2. The summed E-state index contributed by atoms with van der Waals surface area (Å²) in [6.07, 6.45) is -4.57. The summed E-state index contributed by atoms with van der Waals surface area (Å²) in [7, 11) is -3.86. The highest BCUT2D eigenvalue weighted by Crippen LogP contribution is 2.35. The van der Waals surface area contributed by atoms with Crippen LogP contribution in [0.3, 0.4) is 0 Å². The summed E-state index contributed by atoms with van der Waals surface area (Å²) in [6, 6.07) is 8.69. The zero-order chi connectivity index (χ0) is 20.5. The number of nitrogens with one attached hydrogen (secondary N) is 1. The Balaban J connectivity index is 1.74. The second kappa shape index (κ2) is 8.37. The smallest absolute Gasteiger partial charge is 0.243 e. The molecule has 0 saturated heterocycles. The molecule has 0 aliphatic heterocycles. The van der Waals surface area contributed by atoms with Gasteiger partial charge in [0, 0.05) is 22.6 Å². The third-order valence-electron chi connectivity index (χ3n) is 3.54. The summed E-state index contributed by atoms with van der Waals surface area (Å²) in [5.74, 6) is 0.208. The Kier molecular flexibility index (Phi) is 6.48. The second-order valence-corrected chi connectivity index (χ2v) is 10.6. The van der Waals surface area contributed by atoms with E-state index in [1.165, 1.54) is 12.1 Å². The second-order valence-electron chi connectivity index (χ2n) is 5.46. The van der Waals surface area contributed by atoms with Crippen LogP contribution in [-0.2, 0) is 16.2 Å². The van der Waals surface area contributed by atoms with Gasteiger partial charge in [-0.1, -0.05) is 41.4 Å². The average molecular weight is 487 g/mol. The molecule has 0 fully saturated rings. The van der Waals surface area contributed by atoms with E-state index in [1.807, 2.05) is 0 Å². The van der Waals surface area contributed by atoms with Crippen molar-refractivity contribution in [2.45, 2.75) is 16.0 Å². The third-order valence-corrected chi connectivity index (χ3v) is 7.81. The van der Waals surface area contributed by atoms with Crippen molar-refractivity contribution in [1.82, 2.24) is 9.71 Å². The van der Waals surface area contributed by atoms with E-state index in [0.717, 1.165) is 29.2 Å². The van der Waals surface area contributed by atoms with Gasteiger partial charge in [-0.25, -0.2) is 18.1 Å². The normalized spacial score (nSPS) is 12.6. The number of alkyl halides is 3. The molecule has 12 heteroatoms. The predicted molar refractivity (Wildman–Crippen MR) is 107 cm³/mol. The Labute approximate surface area is 177 Å². The van der Waals surface area contributed by atoms with E-state index in [1.54, 1.807) is 18.2 Å². The molecule has 0 aliphatic rings. The SMILES string of the molecule is O=S(=O)(NCCSc1cc(C(F)(F)F)nc2ccccc12)c1cc(Cl)sc1Cl. The van der Waals surface area contributed by atoms with Gasteiger partial charge in [0.25, 0.3) is 0 Å². The number of benzene rings is 1. The molecule has 0 bridgehead atoms. The number of thioether (sulfide) groups is 1. The number of pyridine rings is 1. The van der Waals surface area contributed by atoms with Gasteiger partial charge >= 0.3 is 6.18 Å². The number of hydrogen-bond donors (Lipinski definition) is 1. The Morgan fingerprint density at radius 2 is 1.89 bits per heavy atom. The van der Waals surface area contributed by atoms with Crippen molar-refractivity contribution in [2.24, 2.45) is 0 Å². The maximum atomic E-state index is 13.1. The average Bonchev–Trinajstić information content (AvgIpc) is 2.97. The van der Waals surface area contributed by atoms with Crippen LogP contribution in [0, 0.1) is 0 Å². The standard InChI is InChI=1S/C16H11Cl2F3N2O2S3/c17-14-8-12(15(18)27-14)28(24,25)22-5-6-26-11-7-13(16(19,20)21)23-10-4-2-1-3-9(10)11/h1-4,7-8,22H,5-6H2. The van der Waals surface area contributed by atoms with Crippen LogP contribution in [-0.4, -0.2) is 25.7 Å². The van der Waals surface area contributed by atoms with Crippen LogP contribution in [0.2, 0.25) is 8.67 Å². The number of halogens is 5. The fraction of sp³-hybridized carbons (Fsp3) is 0.188. The van der Waals surface area contributed by atoms with Gasteiger partial charge in [0.05, 0.1) is 9.85 Å². The molecule has 0 spiro atoms. The predicted octanol–water partition coefficient (Wildman–Crippen LogP) is 5.69. The van der Waals surface area contributed by atoms with Crippen molar-refractivity contribution < 1.29 is 21.6 Å². The summed E-state index contributed by atoms with van der Waals surface area (Å²) >= 11 is 13.7. The number of para-hydroxylation sites is 1.